The second kappa shape index (κ2) is 3.27. The van der Waals surface area contributed by atoms with Gasteiger partial charge in [0.15, 0.2) is 0 Å². The molecular formula is C11H5BrN2O3. The van der Waals surface area contributed by atoms with E-state index in [4.69, 9.17) is 0 Å². The summed E-state index contributed by atoms with van der Waals surface area (Å²) in [6, 6.07) is 6.30. The van der Waals surface area contributed by atoms with Crippen LogP contribution in [0.3, 0.4) is 0 Å². The normalized spacial score (nSPS) is 12.9. The van der Waals surface area contributed by atoms with Gasteiger partial charge in [-0.3, -0.25) is 14.9 Å². The Labute approximate surface area is 104 Å². The number of amides is 1. The maximum absolute atomic E-state index is 11.7. The fourth-order valence-electron chi connectivity index (χ4n) is 2.01. The number of nitrogens with zero attached hydrogens (tertiary/aromatic N) is 1. The molecule has 0 unspecified atom stereocenters. The second-order valence-corrected chi connectivity index (χ2v) is 4.58. The van der Waals surface area contributed by atoms with Crippen LogP contribution in [-0.2, 0) is 0 Å². The summed E-state index contributed by atoms with van der Waals surface area (Å²) in [6.07, 6.45) is 0. The van der Waals surface area contributed by atoms with Crippen LogP contribution in [0.2, 0.25) is 0 Å². The van der Waals surface area contributed by atoms with Crippen LogP contribution >= 0.6 is 15.9 Å². The molecule has 0 spiro atoms. The van der Waals surface area contributed by atoms with Crippen LogP contribution in [0.15, 0.2) is 28.7 Å². The fourth-order valence-corrected chi connectivity index (χ4v) is 2.46. The SMILES string of the molecule is O=C1Nc2ccc(Br)c3cc([N+](=O)[O-])cc1c23. The molecule has 1 aliphatic heterocycles. The van der Waals surface area contributed by atoms with Gasteiger partial charge in [-0.2, -0.15) is 0 Å². The number of carbonyl (C=O) groups is 1. The van der Waals surface area contributed by atoms with E-state index >= 15 is 0 Å². The van der Waals surface area contributed by atoms with Crippen molar-refractivity contribution in [2.24, 2.45) is 0 Å². The minimum Gasteiger partial charge on any atom is -0.321 e. The van der Waals surface area contributed by atoms with E-state index in [0.29, 0.717) is 16.6 Å². The lowest BCUT2D eigenvalue weighted by Gasteiger charge is -2.02. The molecule has 1 aliphatic rings. The lowest BCUT2D eigenvalue weighted by molar-refractivity contribution is -0.384. The van der Waals surface area contributed by atoms with Crippen LogP contribution in [0.4, 0.5) is 11.4 Å². The number of nitro groups is 1. The Hall–Kier alpha value is -1.95. The van der Waals surface area contributed by atoms with Crippen LogP contribution in [-0.4, -0.2) is 10.8 Å². The zero-order valence-corrected chi connectivity index (χ0v) is 9.95. The van der Waals surface area contributed by atoms with Crippen molar-refractivity contribution in [2.45, 2.75) is 0 Å². The molecule has 17 heavy (non-hydrogen) atoms. The molecule has 1 N–H and O–H groups in total. The summed E-state index contributed by atoms with van der Waals surface area (Å²) in [5.41, 5.74) is 0.964. The highest BCUT2D eigenvalue weighted by molar-refractivity contribution is 9.10. The topological polar surface area (TPSA) is 72.2 Å². The molecule has 0 atom stereocenters. The highest BCUT2D eigenvalue weighted by atomic mass is 79.9. The molecular weight excluding hydrogens is 288 g/mol. The minimum atomic E-state index is -0.499. The highest BCUT2D eigenvalue weighted by Gasteiger charge is 2.25. The second-order valence-electron chi connectivity index (χ2n) is 3.72. The third-order valence-corrected chi connectivity index (χ3v) is 3.44. The quantitative estimate of drug-likeness (QED) is 0.648. The first-order chi connectivity index (χ1) is 8.08. The molecule has 0 fully saturated rings. The van der Waals surface area contributed by atoms with E-state index in [-0.39, 0.29) is 11.6 Å². The van der Waals surface area contributed by atoms with Crippen LogP contribution in [0, 0.1) is 10.1 Å². The van der Waals surface area contributed by atoms with Crippen LogP contribution in [0.25, 0.3) is 10.8 Å². The third-order valence-electron chi connectivity index (χ3n) is 2.75. The van der Waals surface area contributed by atoms with Crippen LogP contribution < -0.4 is 5.32 Å². The fraction of sp³-hybridized carbons (Fsp3) is 0. The van der Waals surface area contributed by atoms with Gasteiger partial charge in [0.2, 0.25) is 0 Å². The van der Waals surface area contributed by atoms with Gasteiger partial charge in [-0.15, -0.1) is 0 Å². The van der Waals surface area contributed by atoms with Crippen molar-refractivity contribution in [1.29, 1.82) is 0 Å². The van der Waals surface area contributed by atoms with Gasteiger partial charge in [0.05, 0.1) is 10.5 Å². The smallest absolute Gasteiger partial charge is 0.270 e. The molecule has 6 heteroatoms. The summed E-state index contributed by atoms with van der Waals surface area (Å²) in [6.45, 7) is 0. The van der Waals surface area contributed by atoms with E-state index in [2.05, 4.69) is 21.2 Å². The Morgan fingerprint density at radius 1 is 1.29 bits per heavy atom. The number of nitrogens with one attached hydrogen (secondary N) is 1. The predicted octanol–water partition coefficient (Wildman–Crippen LogP) is 3.08. The standard InChI is InChI=1S/C11H5BrN2O3/c12-8-1-2-9-10-6(8)3-5(14(16)17)4-7(10)11(15)13-9/h1-4H,(H,13,15). The first kappa shape index (κ1) is 10.2. The highest BCUT2D eigenvalue weighted by Crippen LogP contribution is 2.39. The lowest BCUT2D eigenvalue weighted by Crippen LogP contribution is -2.04. The monoisotopic (exact) mass is 292 g/mol. The van der Waals surface area contributed by atoms with Gasteiger partial charge in [-0.25, -0.2) is 0 Å². The van der Waals surface area contributed by atoms with Gasteiger partial charge in [0, 0.05) is 33.1 Å². The Kier molecular flexibility index (Phi) is 1.97. The molecule has 0 aromatic heterocycles. The van der Waals surface area contributed by atoms with E-state index in [9.17, 15) is 14.9 Å². The van der Waals surface area contributed by atoms with Gasteiger partial charge in [0.1, 0.15) is 0 Å². The number of halogens is 1. The summed E-state index contributed by atoms with van der Waals surface area (Å²) in [4.78, 5) is 22.0. The van der Waals surface area contributed by atoms with E-state index in [1.165, 1.54) is 12.1 Å². The minimum absolute atomic E-state index is 0.0811. The molecule has 0 saturated heterocycles. The van der Waals surface area contributed by atoms with E-state index in [1.54, 1.807) is 12.1 Å². The van der Waals surface area contributed by atoms with Crippen LogP contribution in [0.1, 0.15) is 10.4 Å². The number of carbonyl (C=O) groups excluding carboxylic acids is 1. The number of anilines is 1. The van der Waals surface area contributed by atoms with Gasteiger partial charge in [-0.05, 0) is 12.1 Å². The number of benzene rings is 2. The van der Waals surface area contributed by atoms with Crippen LogP contribution in [0.5, 0.6) is 0 Å². The Morgan fingerprint density at radius 2 is 2.06 bits per heavy atom. The molecule has 84 valence electrons. The summed E-state index contributed by atoms with van der Waals surface area (Å²) in [7, 11) is 0. The van der Waals surface area contributed by atoms with E-state index < -0.39 is 4.92 Å². The molecule has 3 rings (SSSR count). The first-order valence-electron chi connectivity index (χ1n) is 4.80. The van der Waals surface area contributed by atoms with Crippen molar-refractivity contribution < 1.29 is 9.72 Å². The maximum Gasteiger partial charge on any atom is 0.270 e. The van der Waals surface area contributed by atoms with Crippen molar-refractivity contribution >= 4 is 44.0 Å². The summed E-state index contributed by atoms with van der Waals surface area (Å²) >= 11 is 3.33. The number of hydrogen-bond donors (Lipinski definition) is 1. The molecule has 1 heterocycles. The number of rotatable bonds is 1. The van der Waals surface area contributed by atoms with Crippen molar-refractivity contribution in [3.05, 3.63) is 44.4 Å². The average molecular weight is 293 g/mol. The molecule has 0 radical (unpaired) electrons. The largest absolute Gasteiger partial charge is 0.321 e. The van der Waals surface area contributed by atoms with Crippen molar-refractivity contribution in [1.82, 2.24) is 0 Å². The number of hydrogen-bond acceptors (Lipinski definition) is 3. The van der Waals surface area contributed by atoms with Gasteiger partial charge >= 0.3 is 0 Å². The number of nitro benzene ring substituents is 1. The van der Waals surface area contributed by atoms with Gasteiger partial charge < -0.3 is 5.32 Å². The Balaban J connectivity index is 2.50. The molecule has 2 aromatic carbocycles. The molecule has 1 amide bonds. The third kappa shape index (κ3) is 1.34. The lowest BCUT2D eigenvalue weighted by atomic mass is 10.0. The molecule has 0 saturated carbocycles. The zero-order valence-electron chi connectivity index (χ0n) is 8.36. The molecule has 2 aromatic rings. The van der Waals surface area contributed by atoms with Gasteiger partial charge in [0.25, 0.3) is 11.6 Å². The molecule has 5 nitrogen and oxygen atoms in total. The maximum atomic E-state index is 11.7. The van der Waals surface area contributed by atoms with E-state index in [1.807, 2.05) is 0 Å². The van der Waals surface area contributed by atoms with E-state index in [0.717, 1.165) is 9.86 Å². The average Bonchev–Trinajstić information content (AvgIpc) is 2.62. The zero-order chi connectivity index (χ0) is 12.2. The Morgan fingerprint density at radius 3 is 2.76 bits per heavy atom. The number of non-ortho nitro benzene ring substituents is 1. The summed E-state index contributed by atoms with van der Waals surface area (Å²) in [5.74, 6) is -0.299. The summed E-state index contributed by atoms with van der Waals surface area (Å²) in [5, 5.41) is 14.9. The van der Waals surface area contributed by atoms with Crippen molar-refractivity contribution in [3.63, 3.8) is 0 Å². The first-order valence-corrected chi connectivity index (χ1v) is 5.59. The summed E-state index contributed by atoms with van der Waals surface area (Å²) < 4.78 is 0.734. The van der Waals surface area contributed by atoms with Crippen molar-refractivity contribution in [3.8, 4) is 0 Å². The van der Waals surface area contributed by atoms with Gasteiger partial charge in [-0.1, -0.05) is 15.9 Å². The van der Waals surface area contributed by atoms with Crippen molar-refractivity contribution in [2.75, 3.05) is 5.32 Å². The molecule has 0 bridgehead atoms. The predicted molar refractivity (Wildman–Crippen MR) is 66.3 cm³/mol. The Bertz CT molecular complexity index is 697. The molecule has 0 aliphatic carbocycles.